The van der Waals surface area contributed by atoms with Crippen LogP contribution in [0.25, 0.3) is 0 Å². The van der Waals surface area contributed by atoms with Crippen molar-refractivity contribution in [1.29, 1.82) is 0 Å². The highest BCUT2D eigenvalue weighted by Gasteiger charge is 2.26. The van der Waals surface area contributed by atoms with E-state index in [0.717, 1.165) is 0 Å². The van der Waals surface area contributed by atoms with Crippen molar-refractivity contribution >= 4 is 29.9 Å². The van der Waals surface area contributed by atoms with Crippen molar-refractivity contribution in [2.24, 2.45) is 4.99 Å². The quantitative estimate of drug-likeness (QED) is 0.264. The van der Waals surface area contributed by atoms with Gasteiger partial charge in [-0.1, -0.05) is 6.07 Å². The summed E-state index contributed by atoms with van der Waals surface area (Å²) in [6, 6.07) is 8.10. The third-order valence-electron chi connectivity index (χ3n) is 3.86. The molecule has 0 saturated carbocycles. The number of aliphatic imine (C=N–C) groups is 1. The predicted molar refractivity (Wildman–Crippen MR) is 116 cm³/mol. The van der Waals surface area contributed by atoms with Crippen LogP contribution in [0.2, 0.25) is 0 Å². The third-order valence-corrected chi connectivity index (χ3v) is 3.86. The van der Waals surface area contributed by atoms with E-state index in [1.807, 2.05) is 6.92 Å². The lowest BCUT2D eigenvalue weighted by Crippen LogP contribution is -2.44. The van der Waals surface area contributed by atoms with Crippen LogP contribution < -0.4 is 20.1 Å². The number of hydrogen-bond donors (Lipinski definition) is 3. The summed E-state index contributed by atoms with van der Waals surface area (Å²) in [5, 5.41) is 16.6. The van der Waals surface area contributed by atoms with Gasteiger partial charge in [-0.25, -0.2) is 4.99 Å². The van der Waals surface area contributed by atoms with Crippen LogP contribution in [-0.4, -0.2) is 37.9 Å². The molecule has 0 aliphatic heterocycles. The highest BCUT2D eigenvalue weighted by atomic mass is 127. The summed E-state index contributed by atoms with van der Waals surface area (Å²) in [6.07, 6.45) is 1.49. The predicted octanol–water partition coefficient (Wildman–Crippen LogP) is 3.47. The number of alkyl halides is 2. The molecular weight excluding hydrogens is 499 g/mol. The molecule has 2 aromatic rings. The van der Waals surface area contributed by atoms with Gasteiger partial charge in [0.1, 0.15) is 11.4 Å². The molecule has 162 valence electrons. The van der Waals surface area contributed by atoms with Crippen molar-refractivity contribution in [2.45, 2.75) is 32.6 Å². The largest absolute Gasteiger partial charge is 0.493 e. The number of methoxy groups -OCH3 is 1. The Hall–Kier alpha value is -2.08. The van der Waals surface area contributed by atoms with Crippen molar-refractivity contribution < 1.29 is 27.8 Å². The molecule has 0 saturated heterocycles. The van der Waals surface area contributed by atoms with E-state index >= 15 is 0 Å². The summed E-state index contributed by atoms with van der Waals surface area (Å²) in [7, 11) is 1.38. The molecule has 1 aromatic heterocycles. The lowest BCUT2D eigenvalue weighted by atomic mass is 10.0. The van der Waals surface area contributed by atoms with E-state index in [-0.39, 0.29) is 48.6 Å². The Morgan fingerprint density at radius 2 is 2.03 bits per heavy atom. The Morgan fingerprint density at radius 1 is 1.28 bits per heavy atom. The van der Waals surface area contributed by atoms with Crippen molar-refractivity contribution in [2.75, 3.05) is 20.2 Å². The zero-order valence-corrected chi connectivity index (χ0v) is 18.8. The summed E-state index contributed by atoms with van der Waals surface area (Å²) in [6.45, 7) is 1.56. The van der Waals surface area contributed by atoms with Crippen molar-refractivity contribution in [3.8, 4) is 11.5 Å². The first-order valence-electron chi connectivity index (χ1n) is 8.76. The molecule has 0 radical (unpaired) electrons. The van der Waals surface area contributed by atoms with Gasteiger partial charge in [0, 0.05) is 6.54 Å². The average molecular weight is 525 g/mol. The highest BCUT2D eigenvalue weighted by Crippen LogP contribution is 2.29. The molecule has 29 heavy (non-hydrogen) atoms. The molecule has 7 nitrogen and oxygen atoms in total. The van der Waals surface area contributed by atoms with Crippen LogP contribution in [0.3, 0.4) is 0 Å². The second-order valence-electron chi connectivity index (χ2n) is 6.16. The number of guanidine groups is 1. The lowest BCUT2D eigenvalue weighted by molar-refractivity contribution is -0.0512. The summed E-state index contributed by atoms with van der Waals surface area (Å²) in [5.74, 6) is 1.05. The molecule has 1 atom stereocenters. The fraction of sp³-hybridized carbons (Fsp3) is 0.421. The van der Waals surface area contributed by atoms with Gasteiger partial charge in [0.05, 0.1) is 26.5 Å². The molecule has 0 aliphatic carbocycles. The molecule has 1 aromatic carbocycles. The van der Waals surface area contributed by atoms with E-state index in [0.29, 0.717) is 23.8 Å². The molecule has 0 bridgehead atoms. The topological polar surface area (TPSA) is 88.3 Å². The number of hydrogen-bond acceptors (Lipinski definition) is 5. The number of benzene rings is 1. The zero-order chi connectivity index (χ0) is 20.6. The minimum atomic E-state index is -2.95. The smallest absolute Gasteiger partial charge is 0.387 e. The minimum Gasteiger partial charge on any atom is -0.493 e. The van der Waals surface area contributed by atoms with Crippen LogP contribution in [0.1, 0.15) is 25.2 Å². The number of rotatable bonds is 9. The minimum absolute atomic E-state index is 0. The number of nitrogens with zero attached hydrogens (tertiary/aromatic N) is 1. The van der Waals surface area contributed by atoms with Crippen molar-refractivity contribution in [1.82, 2.24) is 10.6 Å². The molecule has 0 aliphatic rings. The summed E-state index contributed by atoms with van der Waals surface area (Å²) < 4.78 is 39.9. The number of furan rings is 1. The molecule has 0 spiro atoms. The molecule has 1 unspecified atom stereocenters. The molecule has 1 heterocycles. The second-order valence-corrected chi connectivity index (χ2v) is 6.16. The maximum absolute atomic E-state index is 12.6. The van der Waals surface area contributed by atoms with E-state index in [1.54, 1.807) is 31.2 Å². The number of halogens is 3. The molecule has 10 heteroatoms. The SMILES string of the molecule is CCNC(=NCc1ccc(OC)c(OC(F)F)c1)NCC(C)(O)c1ccco1.I. The van der Waals surface area contributed by atoms with Gasteiger partial charge in [0.15, 0.2) is 17.5 Å². The standard InChI is InChI=1S/C19H25F2N3O4.HI/c1-4-22-18(24-12-19(2,25)16-6-5-9-27-16)23-11-13-7-8-14(26-3)15(10-13)28-17(20)21;/h5-10,17,25H,4,11-12H2,1-3H3,(H2,22,23,24);1H. The first-order chi connectivity index (χ1) is 13.4. The van der Waals surface area contributed by atoms with Crippen molar-refractivity contribution in [3.63, 3.8) is 0 Å². The summed E-state index contributed by atoms with van der Waals surface area (Å²) in [4.78, 5) is 4.41. The van der Waals surface area contributed by atoms with Gasteiger partial charge in [-0.2, -0.15) is 8.78 Å². The molecular formula is C19H26F2IN3O4. The number of nitrogens with one attached hydrogen (secondary N) is 2. The van der Waals surface area contributed by atoms with Crippen LogP contribution in [0.5, 0.6) is 11.5 Å². The van der Waals surface area contributed by atoms with E-state index in [9.17, 15) is 13.9 Å². The number of aliphatic hydroxyl groups is 1. The van der Waals surface area contributed by atoms with E-state index in [4.69, 9.17) is 9.15 Å². The van der Waals surface area contributed by atoms with Gasteiger partial charge in [0.25, 0.3) is 0 Å². The highest BCUT2D eigenvalue weighted by molar-refractivity contribution is 14.0. The van der Waals surface area contributed by atoms with Gasteiger partial charge in [0.2, 0.25) is 0 Å². The third kappa shape index (κ3) is 7.69. The Balaban J connectivity index is 0.00000420. The van der Waals surface area contributed by atoms with Gasteiger partial charge < -0.3 is 29.6 Å². The Kier molecular flexibility index (Phi) is 10.2. The van der Waals surface area contributed by atoms with Gasteiger partial charge >= 0.3 is 6.61 Å². The Labute approximate surface area is 185 Å². The van der Waals surface area contributed by atoms with Gasteiger partial charge in [-0.05, 0) is 43.7 Å². The molecule has 2 rings (SSSR count). The van der Waals surface area contributed by atoms with Crippen LogP contribution in [-0.2, 0) is 12.1 Å². The first-order valence-corrected chi connectivity index (χ1v) is 8.76. The van der Waals surface area contributed by atoms with Crippen LogP contribution in [0, 0.1) is 0 Å². The Morgan fingerprint density at radius 3 is 2.62 bits per heavy atom. The maximum Gasteiger partial charge on any atom is 0.387 e. The van der Waals surface area contributed by atoms with E-state index in [1.165, 1.54) is 19.4 Å². The number of ether oxygens (including phenoxy) is 2. The zero-order valence-electron chi connectivity index (χ0n) is 16.4. The first kappa shape index (κ1) is 25.0. The second kappa shape index (κ2) is 11.8. The average Bonchev–Trinajstić information content (AvgIpc) is 3.19. The Bertz CT molecular complexity index is 771. The monoisotopic (exact) mass is 525 g/mol. The molecule has 3 N–H and O–H groups in total. The van der Waals surface area contributed by atoms with Gasteiger partial charge in [-0.15, -0.1) is 24.0 Å². The van der Waals surface area contributed by atoms with Crippen molar-refractivity contribution in [3.05, 3.63) is 47.9 Å². The molecule has 0 fully saturated rings. The van der Waals surface area contributed by atoms with E-state index < -0.39 is 12.2 Å². The van der Waals surface area contributed by atoms with Crippen LogP contribution >= 0.6 is 24.0 Å². The maximum atomic E-state index is 12.6. The van der Waals surface area contributed by atoms with Gasteiger partial charge in [-0.3, -0.25) is 0 Å². The fourth-order valence-electron chi connectivity index (χ4n) is 2.45. The normalized spacial score (nSPS) is 13.4. The van der Waals surface area contributed by atoms with E-state index in [2.05, 4.69) is 20.4 Å². The summed E-state index contributed by atoms with van der Waals surface area (Å²) in [5.41, 5.74) is -0.565. The fourth-order valence-corrected chi connectivity index (χ4v) is 2.45. The molecule has 0 amide bonds. The van der Waals surface area contributed by atoms with Crippen LogP contribution in [0.4, 0.5) is 8.78 Å². The summed E-state index contributed by atoms with van der Waals surface area (Å²) >= 11 is 0. The van der Waals surface area contributed by atoms with Crippen LogP contribution in [0.15, 0.2) is 46.0 Å². The lowest BCUT2D eigenvalue weighted by Gasteiger charge is -2.22.